The summed E-state index contributed by atoms with van der Waals surface area (Å²) in [5.74, 6) is -0.121. The van der Waals surface area contributed by atoms with Crippen molar-refractivity contribution in [2.24, 2.45) is 0 Å². The summed E-state index contributed by atoms with van der Waals surface area (Å²) in [4.78, 5) is -0.415. The average Bonchev–Trinajstić information content (AvgIpc) is 3.58. The number of hydrogen-bond donors (Lipinski definition) is 0. The van der Waals surface area contributed by atoms with E-state index >= 15 is 0 Å². The fraction of sp³-hybridized carbons (Fsp3) is 0.471. The third-order valence-corrected chi connectivity index (χ3v) is 15.2. The summed E-state index contributed by atoms with van der Waals surface area (Å²) >= 11 is 0. The highest BCUT2D eigenvalue weighted by molar-refractivity contribution is 7.93. The predicted octanol–water partition coefficient (Wildman–Crippen LogP) is 6.90. The average molecular weight is 806 g/mol. The summed E-state index contributed by atoms with van der Waals surface area (Å²) in [6.45, 7) is 20.2. The van der Waals surface area contributed by atoms with Crippen molar-refractivity contribution in [2.75, 3.05) is 35.3 Å². The zero-order valence-electron chi connectivity index (χ0n) is 32.1. The van der Waals surface area contributed by atoms with Gasteiger partial charge in [-0.15, -0.1) is 0 Å². The van der Waals surface area contributed by atoms with Gasteiger partial charge in [0.15, 0.2) is 0 Å². The molecule has 0 aliphatic carbocycles. The van der Waals surface area contributed by atoms with E-state index in [1.165, 1.54) is 24.3 Å². The second-order valence-electron chi connectivity index (χ2n) is 15.0. The van der Waals surface area contributed by atoms with Crippen LogP contribution in [0.1, 0.15) is 22.5 Å². The van der Waals surface area contributed by atoms with Gasteiger partial charge >= 0.3 is 7.69 Å². The number of nitrogens with zero attached hydrogens (tertiary/aromatic N) is 4. The Kier molecular flexibility index (Phi) is 13.7. The highest BCUT2D eigenvalue weighted by atomic mass is 32.2. The molecule has 0 bridgehead atoms. The fourth-order valence-electron chi connectivity index (χ4n) is 4.68. The van der Waals surface area contributed by atoms with E-state index in [0.29, 0.717) is 35.7 Å². The molecule has 2 aromatic carbocycles. The molecule has 0 saturated heterocycles. The highest BCUT2D eigenvalue weighted by Crippen LogP contribution is 2.35. The van der Waals surface area contributed by atoms with Crippen molar-refractivity contribution in [1.82, 2.24) is 10.3 Å². The van der Waals surface area contributed by atoms with Crippen molar-refractivity contribution in [3.8, 4) is 11.5 Å². The molecule has 0 amide bonds. The number of para-hydroxylation sites is 2. The Morgan fingerprint density at radius 3 is 1.30 bits per heavy atom. The number of anilines is 2. The zero-order valence-corrected chi connectivity index (χ0v) is 35.8. The SMILES string of the molecule is Cc1noc(N(COCC[Si](C)(C)C)S(=O)(=O)c2ccccc2O[B]Oc2ccccc2S(=O)(=O)N(COCC[Si](C)(C)C)c2onc(C)c2C)c1C. The Balaban J connectivity index is 1.59. The molecular weight excluding hydrogens is 756 g/mol. The Morgan fingerprint density at radius 1 is 0.623 bits per heavy atom. The van der Waals surface area contributed by atoms with E-state index in [2.05, 4.69) is 49.6 Å². The summed E-state index contributed by atoms with van der Waals surface area (Å²) in [5.41, 5.74) is 2.15. The van der Waals surface area contributed by atoms with Gasteiger partial charge in [-0.25, -0.2) is 25.4 Å². The fourth-order valence-corrected chi connectivity index (χ4v) is 9.12. The molecule has 0 aliphatic rings. The van der Waals surface area contributed by atoms with Crippen molar-refractivity contribution in [3.63, 3.8) is 0 Å². The standard InChI is InChI=1S/C34H50BN4O10S2Si2/c1-25-27(3)36-48-33(25)38(23-44-19-21-52(5,6)7)50(40,41)31-17-13-11-15-29(31)46-35-47-30-16-12-14-18-32(30)51(42,43)39(24-45-20-22-53(8,9)10)34-26(2)28(4)37-49-34/h11-18H,19-24H2,1-10H3. The van der Waals surface area contributed by atoms with E-state index in [1.807, 2.05) is 0 Å². The normalized spacial score (nSPS) is 12.5. The van der Waals surface area contributed by atoms with Crippen LogP contribution < -0.4 is 17.9 Å². The first-order valence-corrected chi connectivity index (χ1v) is 27.4. The molecule has 0 unspecified atom stereocenters. The zero-order chi connectivity index (χ0) is 39.2. The number of sulfonamides is 2. The summed E-state index contributed by atoms with van der Waals surface area (Å²) in [6, 6.07) is 13.6. The van der Waals surface area contributed by atoms with Crippen LogP contribution in [0.3, 0.4) is 0 Å². The minimum Gasteiger partial charge on any atom is -0.525 e. The van der Waals surface area contributed by atoms with E-state index < -0.39 is 36.2 Å². The van der Waals surface area contributed by atoms with E-state index in [0.717, 1.165) is 28.4 Å². The molecule has 0 saturated carbocycles. The van der Waals surface area contributed by atoms with Crippen LogP contribution >= 0.6 is 0 Å². The number of ether oxygens (including phenoxy) is 2. The Morgan fingerprint density at radius 2 is 0.981 bits per heavy atom. The number of benzene rings is 2. The third-order valence-electron chi connectivity index (χ3n) is 8.31. The third kappa shape index (κ3) is 10.8. The topological polar surface area (TPSA) is 164 Å². The molecular formula is C34H50BN4O10S2Si2. The molecule has 14 nitrogen and oxygen atoms in total. The molecule has 19 heteroatoms. The van der Waals surface area contributed by atoms with Gasteiger partial charge in [-0.3, -0.25) is 0 Å². The lowest BCUT2D eigenvalue weighted by atomic mass is 10.3. The highest BCUT2D eigenvalue weighted by Gasteiger charge is 2.35. The molecule has 53 heavy (non-hydrogen) atoms. The van der Waals surface area contributed by atoms with Gasteiger partial charge in [0.25, 0.3) is 20.0 Å². The maximum absolute atomic E-state index is 14.3. The molecule has 4 aromatic rings. The predicted molar refractivity (Wildman–Crippen MR) is 209 cm³/mol. The smallest absolute Gasteiger partial charge is 0.525 e. The van der Waals surface area contributed by atoms with Gasteiger partial charge < -0.3 is 27.8 Å². The van der Waals surface area contributed by atoms with Gasteiger partial charge in [0.05, 0.1) is 11.4 Å². The van der Waals surface area contributed by atoms with Crippen LogP contribution in [-0.2, 0) is 29.5 Å². The van der Waals surface area contributed by atoms with Crippen LogP contribution in [-0.4, -0.2) is 77.7 Å². The molecule has 0 aliphatic heterocycles. The van der Waals surface area contributed by atoms with Gasteiger partial charge in [0.2, 0.25) is 11.8 Å². The summed E-state index contributed by atoms with van der Waals surface area (Å²) < 4.78 is 93.3. The molecule has 2 aromatic heterocycles. The Bertz CT molecular complexity index is 1920. The lowest BCUT2D eigenvalue weighted by Crippen LogP contribution is -2.35. The quantitative estimate of drug-likeness (QED) is 0.0516. The summed E-state index contributed by atoms with van der Waals surface area (Å²) in [7, 11) is -10.7. The van der Waals surface area contributed by atoms with Gasteiger partial charge in [-0.2, -0.15) is 0 Å². The van der Waals surface area contributed by atoms with Crippen LogP contribution in [0, 0.1) is 27.7 Å². The van der Waals surface area contributed by atoms with Crippen molar-refractivity contribution in [2.45, 2.75) is 88.9 Å². The van der Waals surface area contributed by atoms with E-state index in [4.69, 9.17) is 27.8 Å². The van der Waals surface area contributed by atoms with Gasteiger partial charge in [0.1, 0.15) is 34.8 Å². The molecule has 0 atom stereocenters. The first-order valence-electron chi connectivity index (χ1n) is 17.1. The van der Waals surface area contributed by atoms with Crippen molar-refractivity contribution < 1.29 is 44.7 Å². The van der Waals surface area contributed by atoms with Gasteiger partial charge in [0, 0.05) is 40.5 Å². The van der Waals surface area contributed by atoms with E-state index in [1.54, 1.807) is 52.0 Å². The van der Waals surface area contributed by atoms with Crippen molar-refractivity contribution in [3.05, 3.63) is 71.0 Å². The molecule has 4 rings (SSSR count). The van der Waals surface area contributed by atoms with Gasteiger partial charge in [-0.05, 0) is 64.0 Å². The number of hydrogen-bond acceptors (Lipinski definition) is 12. The maximum Gasteiger partial charge on any atom is 0.658 e. The van der Waals surface area contributed by atoms with E-state index in [-0.39, 0.29) is 46.5 Å². The molecule has 0 spiro atoms. The number of aryl methyl sites for hydroxylation is 2. The Hall–Kier alpha value is -3.62. The summed E-state index contributed by atoms with van der Waals surface area (Å²) in [6.07, 6.45) is 0. The first kappa shape index (κ1) is 42.1. The Labute approximate surface area is 316 Å². The minimum absolute atomic E-state index is 0.0240. The first-order chi connectivity index (χ1) is 24.7. The van der Waals surface area contributed by atoms with E-state index in [9.17, 15) is 16.8 Å². The van der Waals surface area contributed by atoms with Crippen molar-refractivity contribution >= 4 is 55.6 Å². The molecule has 0 N–H and O–H groups in total. The second kappa shape index (κ2) is 17.2. The second-order valence-corrected chi connectivity index (χ2v) is 29.9. The van der Waals surface area contributed by atoms with Crippen LogP contribution in [0.5, 0.6) is 11.5 Å². The van der Waals surface area contributed by atoms with Crippen LogP contribution in [0.2, 0.25) is 51.4 Å². The lowest BCUT2D eigenvalue weighted by Gasteiger charge is -2.24. The van der Waals surface area contributed by atoms with Crippen LogP contribution in [0.4, 0.5) is 11.8 Å². The lowest BCUT2D eigenvalue weighted by molar-refractivity contribution is 0.153. The monoisotopic (exact) mass is 805 g/mol. The molecule has 0 fully saturated rings. The molecule has 1 radical (unpaired) electrons. The molecule has 289 valence electrons. The van der Waals surface area contributed by atoms with Crippen LogP contribution in [0.25, 0.3) is 0 Å². The summed E-state index contributed by atoms with van der Waals surface area (Å²) in [5, 5.41) is 7.92. The maximum atomic E-state index is 14.3. The van der Waals surface area contributed by atoms with Crippen molar-refractivity contribution in [1.29, 1.82) is 0 Å². The molecule has 2 heterocycles. The minimum atomic E-state index is -4.35. The number of aromatic nitrogens is 2. The number of rotatable bonds is 20. The largest absolute Gasteiger partial charge is 0.658 e. The van der Waals surface area contributed by atoms with Crippen LogP contribution in [0.15, 0.2) is 67.4 Å². The van der Waals surface area contributed by atoms with Gasteiger partial charge in [-0.1, -0.05) is 73.9 Å².